The van der Waals surface area contributed by atoms with E-state index >= 15 is 0 Å². The molecule has 31 heavy (non-hydrogen) atoms. The number of hydrogen-bond acceptors (Lipinski definition) is 6. The van der Waals surface area contributed by atoms with E-state index in [4.69, 9.17) is 10.2 Å². The monoisotopic (exact) mass is 448 g/mol. The van der Waals surface area contributed by atoms with Gasteiger partial charge in [-0.2, -0.15) is 0 Å². The summed E-state index contributed by atoms with van der Waals surface area (Å²) < 4.78 is 4.43. The van der Waals surface area contributed by atoms with Crippen LogP contribution in [-0.2, 0) is 4.79 Å². The predicted molar refractivity (Wildman–Crippen MR) is 125 cm³/mol. The van der Waals surface area contributed by atoms with Crippen LogP contribution in [0.25, 0.3) is 0 Å². The third-order valence-corrected chi connectivity index (χ3v) is 8.53. The lowest BCUT2D eigenvalue weighted by Crippen LogP contribution is -2.47. The number of nitrogens with zero attached hydrogens (tertiary/aromatic N) is 2. The standard InChI is InChI=1S/C23H36N4O3S/c1-5-23(24)12-16(2)19(13-23)26-21(25-4)31-22(3,15-28)18-6-9-27(10-7-18)20(29)17-8-11-30-14-17/h8,11,14-16,18-19H,5-7,9-10,12-13,24H2,1-4H3,(H,25,26). The molecule has 3 N–H and O–H groups in total. The lowest BCUT2D eigenvalue weighted by Gasteiger charge is -2.39. The van der Waals surface area contributed by atoms with Gasteiger partial charge in [0.15, 0.2) is 5.17 Å². The Labute approximate surface area is 189 Å². The third kappa shape index (κ3) is 5.34. The summed E-state index contributed by atoms with van der Waals surface area (Å²) in [4.78, 5) is 31.1. The number of rotatable bonds is 6. The maximum absolute atomic E-state index is 12.6. The predicted octanol–water partition coefficient (Wildman–Crippen LogP) is 3.30. The highest BCUT2D eigenvalue weighted by atomic mass is 32.2. The van der Waals surface area contributed by atoms with E-state index in [0.29, 0.717) is 24.6 Å². The topological polar surface area (TPSA) is 101 Å². The number of nitrogens with one attached hydrogen (secondary N) is 1. The Morgan fingerprint density at radius 2 is 2.16 bits per heavy atom. The summed E-state index contributed by atoms with van der Waals surface area (Å²) in [6.45, 7) is 7.64. The van der Waals surface area contributed by atoms with E-state index in [2.05, 4.69) is 24.2 Å². The van der Waals surface area contributed by atoms with Gasteiger partial charge in [0, 0.05) is 31.7 Å². The highest BCUT2D eigenvalue weighted by Crippen LogP contribution is 2.40. The fourth-order valence-corrected chi connectivity index (χ4v) is 6.09. The van der Waals surface area contributed by atoms with E-state index in [0.717, 1.165) is 43.6 Å². The summed E-state index contributed by atoms with van der Waals surface area (Å²) in [7, 11) is 1.77. The van der Waals surface area contributed by atoms with Crippen LogP contribution in [0.5, 0.6) is 0 Å². The molecule has 0 bridgehead atoms. The number of furan rings is 1. The van der Waals surface area contributed by atoms with E-state index in [1.54, 1.807) is 13.1 Å². The summed E-state index contributed by atoms with van der Waals surface area (Å²) >= 11 is 1.51. The normalized spacial score (nSPS) is 29.6. The molecule has 2 fully saturated rings. The zero-order chi connectivity index (χ0) is 22.6. The second-order valence-corrected chi connectivity index (χ2v) is 10.8. The number of aliphatic imine (C=N–C) groups is 1. The van der Waals surface area contributed by atoms with Gasteiger partial charge in [0.25, 0.3) is 5.91 Å². The van der Waals surface area contributed by atoms with E-state index in [1.165, 1.54) is 24.3 Å². The number of amides is 1. The molecule has 0 radical (unpaired) electrons. The lowest BCUT2D eigenvalue weighted by atomic mass is 9.85. The smallest absolute Gasteiger partial charge is 0.257 e. The van der Waals surface area contributed by atoms with Crippen molar-refractivity contribution in [2.75, 3.05) is 20.1 Å². The number of carbonyl (C=O) groups excluding carboxylic acids is 2. The highest BCUT2D eigenvalue weighted by Gasteiger charge is 2.42. The number of likely N-dealkylation sites (tertiary alicyclic amines) is 1. The Morgan fingerprint density at radius 3 is 2.68 bits per heavy atom. The van der Waals surface area contributed by atoms with Crippen LogP contribution in [0.15, 0.2) is 28.0 Å². The Hall–Kier alpha value is -1.80. The number of aldehydes is 1. The molecule has 1 aliphatic carbocycles. The van der Waals surface area contributed by atoms with Crippen LogP contribution in [0, 0.1) is 11.8 Å². The summed E-state index contributed by atoms with van der Waals surface area (Å²) in [6.07, 6.45) is 8.49. The number of thioether (sulfide) groups is 1. The van der Waals surface area contributed by atoms with Crippen LogP contribution >= 0.6 is 11.8 Å². The van der Waals surface area contributed by atoms with Gasteiger partial charge in [0.1, 0.15) is 12.5 Å². The second-order valence-electron chi connectivity index (χ2n) is 9.36. The minimum Gasteiger partial charge on any atom is -0.472 e. The Morgan fingerprint density at radius 1 is 1.45 bits per heavy atom. The highest BCUT2D eigenvalue weighted by molar-refractivity contribution is 8.15. The largest absolute Gasteiger partial charge is 0.472 e. The zero-order valence-corrected chi connectivity index (χ0v) is 19.9. The number of hydrogen-bond donors (Lipinski definition) is 2. The third-order valence-electron chi connectivity index (χ3n) is 7.17. The molecule has 2 aliphatic rings. The molecule has 4 unspecified atom stereocenters. The maximum atomic E-state index is 12.6. The van der Waals surface area contributed by atoms with E-state index < -0.39 is 4.75 Å². The average molecular weight is 449 g/mol. The van der Waals surface area contributed by atoms with Gasteiger partial charge in [-0.3, -0.25) is 9.79 Å². The number of carbonyl (C=O) groups is 2. The fourth-order valence-electron chi connectivity index (χ4n) is 4.92. The van der Waals surface area contributed by atoms with Crippen LogP contribution in [0.4, 0.5) is 0 Å². The number of nitrogens with two attached hydrogens (primary N) is 1. The van der Waals surface area contributed by atoms with Crippen molar-refractivity contribution in [1.29, 1.82) is 0 Å². The van der Waals surface area contributed by atoms with Crippen LogP contribution < -0.4 is 11.1 Å². The average Bonchev–Trinajstić information content (AvgIpc) is 3.41. The molecule has 1 saturated heterocycles. The summed E-state index contributed by atoms with van der Waals surface area (Å²) in [5.74, 6) is 0.621. The summed E-state index contributed by atoms with van der Waals surface area (Å²) in [5, 5.41) is 4.37. The van der Waals surface area contributed by atoms with Crippen molar-refractivity contribution < 1.29 is 14.0 Å². The molecule has 1 aromatic rings. The van der Waals surface area contributed by atoms with Gasteiger partial charge in [-0.05, 0) is 56.9 Å². The van der Waals surface area contributed by atoms with Crippen molar-refractivity contribution in [3.63, 3.8) is 0 Å². The number of piperidine rings is 1. The van der Waals surface area contributed by atoms with Crippen LogP contribution in [0.2, 0.25) is 0 Å². The molecule has 7 nitrogen and oxygen atoms in total. The summed E-state index contributed by atoms with van der Waals surface area (Å²) in [6, 6.07) is 1.95. The Bertz CT molecular complexity index is 791. The van der Waals surface area contributed by atoms with Crippen molar-refractivity contribution >= 4 is 29.1 Å². The van der Waals surface area contributed by atoms with Crippen LogP contribution in [-0.4, -0.2) is 58.7 Å². The molecule has 0 aromatic carbocycles. The molecular weight excluding hydrogens is 412 g/mol. The minimum absolute atomic E-state index is 0.0125. The van der Waals surface area contributed by atoms with Gasteiger partial charge in [0.05, 0.1) is 16.6 Å². The van der Waals surface area contributed by atoms with Gasteiger partial charge in [-0.1, -0.05) is 25.6 Å². The van der Waals surface area contributed by atoms with E-state index in [9.17, 15) is 9.59 Å². The quantitative estimate of drug-likeness (QED) is 0.393. The van der Waals surface area contributed by atoms with Crippen LogP contribution in [0.3, 0.4) is 0 Å². The van der Waals surface area contributed by atoms with Crippen molar-refractivity contribution in [2.45, 2.75) is 69.2 Å². The molecule has 1 aliphatic heterocycles. The van der Waals surface area contributed by atoms with Crippen LogP contribution in [0.1, 0.15) is 63.2 Å². The SMILES string of the molecule is CCC1(N)CC(C)C(NC(=NC)SC(C)(C=O)C2CCN(C(=O)c3ccoc3)CC2)C1. The zero-order valence-electron chi connectivity index (χ0n) is 19.1. The van der Waals surface area contributed by atoms with Crippen molar-refractivity contribution in [3.8, 4) is 0 Å². The maximum Gasteiger partial charge on any atom is 0.257 e. The van der Waals surface area contributed by atoms with Gasteiger partial charge in [-0.15, -0.1) is 0 Å². The first-order valence-corrected chi connectivity index (χ1v) is 12.0. The van der Waals surface area contributed by atoms with E-state index in [-0.39, 0.29) is 23.4 Å². The first-order valence-electron chi connectivity index (χ1n) is 11.2. The summed E-state index contributed by atoms with van der Waals surface area (Å²) in [5.41, 5.74) is 6.97. The molecule has 8 heteroatoms. The van der Waals surface area contributed by atoms with E-state index in [1.807, 2.05) is 11.8 Å². The van der Waals surface area contributed by atoms with Gasteiger partial charge in [0.2, 0.25) is 0 Å². The van der Waals surface area contributed by atoms with Gasteiger partial charge < -0.3 is 25.2 Å². The Balaban J connectivity index is 1.60. The minimum atomic E-state index is -0.598. The number of amidine groups is 1. The lowest BCUT2D eigenvalue weighted by molar-refractivity contribution is -0.110. The Kier molecular flexibility index (Phi) is 7.52. The molecule has 1 saturated carbocycles. The molecule has 1 aromatic heterocycles. The first kappa shape index (κ1) is 23.9. The van der Waals surface area contributed by atoms with Crippen molar-refractivity contribution in [3.05, 3.63) is 24.2 Å². The molecule has 1 amide bonds. The molecular formula is C23H36N4O3S. The second kappa shape index (κ2) is 9.77. The molecule has 0 spiro atoms. The molecule has 3 rings (SSSR count). The van der Waals surface area contributed by atoms with Crippen molar-refractivity contribution in [1.82, 2.24) is 10.2 Å². The fraction of sp³-hybridized carbons (Fsp3) is 0.696. The van der Waals surface area contributed by atoms with Crippen molar-refractivity contribution in [2.24, 2.45) is 22.6 Å². The van der Waals surface area contributed by atoms with Gasteiger partial charge in [-0.25, -0.2) is 0 Å². The van der Waals surface area contributed by atoms with Gasteiger partial charge >= 0.3 is 0 Å². The first-order chi connectivity index (χ1) is 14.7. The molecule has 2 heterocycles. The molecule has 4 atom stereocenters. The molecule has 172 valence electrons.